The highest BCUT2D eigenvalue weighted by atomic mass is 16.7. The van der Waals surface area contributed by atoms with Gasteiger partial charge in [-0.1, -0.05) is 19.4 Å². The van der Waals surface area contributed by atoms with Crippen LogP contribution in [0, 0.1) is 0 Å². The number of rotatable bonds is 35. The zero-order valence-electron chi connectivity index (χ0n) is 39.1. The molecule has 2 saturated heterocycles. The van der Waals surface area contributed by atoms with Gasteiger partial charge >= 0.3 is 0 Å². The number of ether oxygens (including phenoxy) is 4. The van der Waals surface area contributed by atoms with E-state index >= 15 is 0 Å². The summed E-state index contributed by atoms with van der Waals surface area (Å²) in [5, 5.41) is 94.6. The number of carbonyl (C=O) groups excluding carboxylic acids is 6. The van der Waals surface area contributed by atoms with E-state index in [0.717, 1.165) is 17.7 Å². The van der Waals surface area contributed by atoms with Crippen LogP contribution in [0.25, 0.3) is 0 Å². The van der Waals surface area contributed by atoms with E-state index in [1.165, 1.54) is 0 Å². The Kier molecular flexibility index (Phi) is 30.2. The number of aliphatic hydroxyl groups is 8. The molecule has 0 aromatic carbocycles. The quantitative estimate of drug-likeness (QED) is 0.0264. The standard InChI is InChI=1S/C43H77N7O18/c1-3-44-30(53)14-8-9-15-32(55)49-22-35(58)50(23-33(56)46-16-10-4-6-12-27(2)45-18-20-65-42-40(63)38(61)36(59)28(25-51)67-42)24-34(57)47-17-11-5-7-13-31(54)48-19-21-66-43-41(64)39(62)37(60)29(26-52)68-43/h28-29,36-43,45,51-52,59-64H,2-26H2,1H3,(H,44,53)(H,46,56)(H,47,57)(H,48,54)(H,49,55)/t28-,29-,36-,37-,38+,39+,40+,41+,42+,43+/m1/s1. The van der Waals surface area contributed by atoms with Crippen molar-refractivity contribution < 1.29 is 88.6 Å². The summed E-state index contributed by atoms with van der Waals surface area (Å²) in [7, 11) is 0. The SMILES string of the molecule is C=C(CCCCCNC(=O)CN(CC(=O)NCCCCCC(=O)NCCO[C@H]1O[C@H](CO)[C@@H](O)[C@H](O)[C@@H]1O)C(=O)CNC(=O)CCCCC(=O)NCC)NCCO[C@H]1O[C@H](CO)[C@@H](O)[C@H](O)[C@@H]1O. The summed E-state index contributed by atoms with van der Waals surface area (Å²) in [6, 6.07) is 0. The molecule has 0 spiro atoms. The average Bonchev–Trinajstić information content (AvgIpc) is 3.31. The first-order valence-electron chi connectivity index (χ1n) is 23.4. The van der Waals surface area contributed by atoms with Gasteiger partial charge in [0.2, 0.25) is 35.4 Å². The molecular weight excluding hydrogens is 903 g/mol. The lowest BCUT2D eigenvalue weighted by Gasteiger charge is -2.39. The number of aliphatic hydroxyl groups excluding tert-OH is 8. The van der Waals surface area contributed by atoms with E-state index in [1.54, 1.807) is 6.92 Å². The number of hydrogen-bond acceptors (Lipinski definition) is 19. The van der Waals surface area contributed by atoms with Crippen LogP contribution < -0.4 is 31.9 Å². The van der Waals surface area contributed by atoms with Crippen molar-refractivity contribution in [2.24, 2.45) is 0 Å². The van der Waals surface area contributed by atoms with E-state index < -0.39 is 118 Å². The number of carbonyl (C=O) groups is 6. The van der Waals surface area contributed by atoms with Gasteiger partial charge in [-0.05, 0) is 51.9 Å². The summed E-state index contributed by atoms with van der Waals surface area (Å²) in [6.45, 7) is 4.67. The molecule has 25 nitrogen and oxygen atoms in total. The predicted molar refractivity (Wildman–Crippen MR) is 239 cm³/mol. The lowest BCUT2D eigenvalue weighted by atomic mass is 9.99. The lowest BCUT2D eigenvalue weighted by molar-refractivity contribution is -0.300. The van der Waals surface area contributed by atoms with Gasteiger partial charge in [-0.2, -0.15) is 0 Å². The highest BCUT2D eigenvalue weighted by Crippen LogP contribution is 2.23. The van der Waals surface area contributed by atoms with Gasteiger partial charge in [-0.3, -0.25) is 28.8 Å². The Morgan fingerprint density at radius 1 is 0.500 bits per heavy atom. The van der Waals surface area contributed by atoms with Crippen molar-refractivity contribution in [3.05, 3.63) is 12.3 Å². The van der Waals surface area contributed by atoms with Gasteiger partial charge in [0, 0.05) is 57.7 Å². The van der Waals surface area contributed by atoms with Crippen LogP contribution in [0.2, 0.25) is 0 Å². The summed E-state index contributed by atoms with van der Waals surface area (Å²) in [5.41, 5.74) is 0.714. The summed E-state index contributed by atoms with van der Waals surface area (Å²) < 4.78 is 21.4. The third-order valence-electron chi connectivity index (χ3n) is 10.9. The van der Waals surface area contributed by atoms with Crippen LogP contribution in [0.4, 0.5) is 0 Å². The van der Waals surface area contributed by atoms with Crippen LogP contribution in [0.15, 0.2) is 12.3 Å². The molecule has 0 aromatic heterocycles. The number of hydrogen-bond donors (Lipinski definition) is 14. The monoisotopic (exact) mass is 980 g/mol. The topological polar surface area (TPSA) is 377 Å². The maximum Gasteiger partial charge on any atom is 0.242 e. The molecule has 6 amide bonds. The second kappa shape index (κ2) is 34.2. The van der Waals surface area contributed by atoms with Crippen molar-refractivity contribution in [1.29, 1.82) is 0 Å². The van der Waals surface area contributed by atoms with Crippen molar-refractivity contribution in [2.45, 2.75) is 145 Å². The Labute approximate surface area is 396 Å². The molecule has 0 radical (unpaired) electrons. The number of unbranched alkanes of at least 4 members (excludes halogenated alkanes) is 5. The van der Waals surface area contributed by atoms with Crippen LogP contribution in [0.1, 0.15) is 84.0 Å². The molecule has 392 valence electrons. The Morgan fingerprint density at radius 3 is 1.38 bits per heavy atom. The second-order valence-corrected chi connectivity index (χ2v) is 16.5. The van der Waals surface area contributed by atoms with Gasteiger partial charge < -0.3 is 96.6 Å². The number of amides is 6. The van der Waals surface area contributed by atoms with Crippen LogP contribution in [0.5, 0.6) is 0 Å². The largest absolute Gasteiger partial charge is 0.394 e. The fourth-order valence-corrected chi connectivity index (χ4v) is 6.96. The highest BCUT2D eigenvalue weighted by Gasteiger charge is 2.45. The van der Waals surface area contributed by atoms with Crippen LogP contribution in [0.3, 0.4) is 0 Å². The van der Waals surface area contributed by atoms with Gasteiger partial charge in [0.1, 0.15) is 61.9 Å². The van der Waals surface area contributed by atoms with Crippen molar-refractivity contribution in [3.8, 4) is 0 Å². The van der Waals surface area contributed by atoms with E-state index in [1.807, 2.05) is 0 Å². The molecule has 2 heterocycles. The Hall–Kier alpha value is -4.12. The Morgan fingerprint density at radius 2 is 0.912 bits per heavy atom. The number of nitrogens with one attached hydrogen (secondary N) is 6. The van der Waals surface area contributed by atoms with Crippen molar-refractivity contribution >= 4 is 35.4 Å². The molecule has 14 N–H and O–H groups in total. The van der Waals surface area contributed by atoms with Crippen LogP contribution in [-0.4, -0.2) is 221 Å². The molecule has 68 heavy (non-hydrogen) atoms. The molecule has 10 atom stereocenters. The average molecular weight is 980 g/mol. The van der Waals surface area contributed by atoms with Crippen molar-refractivity contribution in [1.82, 2.24) is 36.8 Å². The summed E-state index contributed by atoms with van der Waals surface area (Å²) >= 11 is 0. The summed E-state index contributed by atoms with van der Waals surface area (Å²) in [5.74, 6) is -2.50. The first-order valence-corrected chi connectivity index (χ1v) is 23.4. The van der Waals surface area contributed by atoms with E-state index in [9.17, 15) is 69.6 Å². The van der Waals surface area contributed by atoms with Crippen molar-refractivity contribution in [2.75, 3.05) is 78.8 Å². The lowest BCUT2D eigenvalue weighted by Crippen LogP contribution is -2.59. The van der Waals surface area contributed by atoms with E-state index in [-0.39, 0.29) is 57.4 Å². The first kappa shape index (κ1) is 60.0. The normalized spacial score (nSPS) is 24.6. The minimum Gasteiger partial charge on any atom is -0.394 e. The molecule has 0 aliphatic carbocycles. The van der Waals surface area contributed by atoms with Gasteiger partial charge in [0.15, 0.2) is 12.6 Å². The van der Waals surface area contributed by atoms with Crippen LogP contribution >= 0.6 is 0 Å². The fourth-order valence-electron chi connectivity index (χ4n) is 6.96. The molecule has 0 bridgehead atoms. The number of nitrogens with zero attached hydrogens (tertiary/aromatic N) is 1. The molecule has 2 aliphatic heterocycles. The maximum atomic E-state index is 13.2. The van der Waals surface area contributed by atoms with E-state index in [0.29, 0.717) is 70.3 Å². The van der Waals surface area contributed by atoms with Crippen LogP contribution in [-0.2, 0) is 47.7 Å². The van der Waals surface area contributed by atoms with E-state index in [2.05, 4.69) is 38.5 Å². The van der Waals surface area contributed by atoms with Gasteiger partial charge in [0.05, 0.1) is 33.0 Å². The summed E-state index contributed by atoms with van der Waals surface area (Å²) in [6.07, 6.45) is -8.21. The van der Waals surface area contributed by atoms with Gasteiger partial charge in [0.25, 0.3) is 0 Å². The molecule has 2 rings (SSSR count). The summed E-state index contributed by atoms with van der Waals surface area (Å²) in [4.78, 5) is 76.4. The molecular formula is C43H77N7O18. The third kappa shape index (κ3) is 23.5. The predicted octanol–water partition coefficient (Wildman–Crippen LogP) is -5.17. The van der Waals surface area contributed by atoms with E-state index in [4.69, 9.17) is 18.9 Å². The second-order valence-electron chi connectivity index (χ2n) is 16.5. The minimum atomic E-state index is -1.58. The Balaban J connectivity index is 1.70. The smallest absolute Gasteiger partial charge is 0.242 e. The first-order chi connectivity index (χ1) is 32.5. The third-order valence-corrected chi connectivity index (χ3v) is 10.9. The molecule has 0 aromatic rings. The zero-order valence-corrected chi connectivity index (χ0v) is 39.1. The molecule has 2 aliphatic rings. The van der Waals surface area contributed by atoms with Crippen molar-refractivity contribution in [3.63, 3.8) is 0 Å². The minimum absolute atomic E-state index is 0.0658. The fraction of sp³-hybridized carbons (Fsp3) is 0.814. The molecule has 25 heteroatoms. The maximum absolute atomic E-state index is 13.2. The molecule has 0 unspecified atom stereocenters. The van der Waals surface area contributed by atoms with Gasteiger partial charge in [-0.15, -0.1) is 0 Å². The zero-order chi connectivity index (χ0) is 50.4. The highest BCUT2D eigenvalue weighted by molar-refractivity contribution is 5.91. The van der Waals surface area contributed by atoms with Gasteiger partial charge in [-0.25, -0.2) is 0 Å². The molecule has 2 fully saturated rings. The Bertz CT molecular complexity index is 1450. The molecule has 0 saturated carbocycles. The number of allylic oxidation sites excluding steroid dienone is 1.